The Balaban J connectivity index is 1.73. The quantitative estimate of drug-likeness (QED) is 0.684. The molecule has 0 atom stereocenters. The van der Waals surface area contributed by atoms with E-state index in [-0.39, 0.29) is 17.6 Å². The van der Waals surface area contributed by atoms with Gasteiger partial charge in [-0.2, -0.15) is 0 Å². The van der Waals surface area contributed by atoms with Gasteiger partial charge in [0.05, 0.1) is 12.5 Å². The summed E-state index contributed by atoms with van der Waals surface area (Å²) >= 11 is 0. The predicted molar refractivity (Wildman–Crippen MR) is 88.8 cm³/mol. The number of likely N-dealkylation sites (tertiary alicyclic amines) is 1. The van der Waals surface area contributed by atoms with Gasteiger partial charge in [-0.1, -0.05) is 0 Å². The van der Waals surface area contributed by atoms with Crippen LogP contribution in [0.2, 0.25) is 0 Å². The Labute approximate surface area is 139 Å². The van der Waals surface area contributed by atoms with Crippen molar-refractivity contribution in [2.75, 3.05) is 19.7 Å². The predicted octanol–water partition coefficient (Wildman–Crippen LogP) is 2.27. The fourth-order valence-corrected chi connectivity index (χ4v) is 3.17. The summed E-state index contributed by atoms with van der Waals surface area (Å²) in [4.78, 5) is 25.7. The van der Waals surface area contributed by atoms with Crippen molar-refractivity contribution >= 4 is 16.9 Å². The number of esters is 1. The van der Waals surface area contributed by atoms with Crippen molar-refractivity contribution in [1.29, 1.82) is 0 Å². The molecule has 0 radical (unpaired) electrons. The average molecular weight is 331 g/mol. The summed E-state index contributed by atoms with van der Waals surface area (Å²) in [6.45, 7) is 4.35. The van der Waals surface area contributed by atoms with Gasteiger partial charge < -0.3 is 14.3 Å². The average Bonchev–Trinajstić information content (AvgIpc) is 2.56. The van der Waals surface area contributed by atoms with Crippen LogP contribution in [-0.4, -0.2) is 35.7 Å². The number of fused-ring (bicyclic) bond motifs is 1. The molecule has 128 valence electrons. The standard InChI is InChI=1S/C18H21NO5/c1-2-23-18(22)12-5-7-19(8-6-12)11-13-9-17(21)24-16-4-3-14(20)10-15(13)16/h3-4,9-10,12,20H,2,5-8,11H2,1H3. The first-order chi connectivity index (χ1) is 11.6. The Morgan fingerprint density at radius 3 is 2.79 bits per heavy atom. The highest BCUT2D eigenvalue weighted by atomic mass is 16.5. The van der Waals surface area contributed by atoms with Crippen LogP contribution in [0.5, 0.6) is 5.75 Å². The third kappa shape index (κ3) is 3.59. The third-order valence-electron chi connectivity index (χ3n) is 4.41. The summed E-state index contributed by atoms with van der Waals surface area (Å²) in [7, 11) is 0. The van der Waals surface area contributed by atoms with E-state index in [1.807, 2.05) is 6.92 Å². The molecule has 1 aromatic heterocycles. The van der Waals surface area contributed by atoms with Gasteiger partial charge in [0.2, 0.25) is 0 Å². The van der Waals surface area contributed by atoms with E-state index in [1.54, 1.807) is 12.1 Å². The number of benzene rings is 1. The van der Waals surface area contributed by atoms with E-state index < -0.39 is 5.63 Å². The van der Waals surface area contributed by atoms with Crippen molar-refractivity contribution < 1.29 is 19.1 Å². The normalized spacial score (nSPS) is 16.4. The number of phenols is 1. The molecule has 3 rings (SSSR count). The maximum absolute atomic E-state index is 11.8. The molecule has 0 unspecified atom stereocenters. The number of nitrogens with zero attached hydrogens (tertiary/aromatic N) is 1. The number of aromatic hydroxyl groups is 1. The molecule has 24 heavy (non-hydrogen) atoms. The number of ether oxygens (including phenoxy) is 1. The van der Waals surface area contributed by atoms with Gasteiger partial charge in [0.15, 0.2) is 0 Å². The topological polar surface area (TPSA) is 80.0 Å². The van der Waals surface area contributed by atoms with Crippen molar-refractivity contribution in [3.63, 3.8) is 0 Å². The van der Waals surface area contributed by atoms with Crippen LogP contribution in [0.25, 0.3) is 11.0 Å². The first-order valence-electron chi connectivity index (χ1n) is 8.21. The summed E-state index contributed by atoms with van der Waals surface area (Å²) < 4.78 is 10.3. The number of carbonyl (C=O) groups is 1. The highest BCUT2D eigenvalue weighted by Crippen LogP contribution is 2.25. The number of rotatable bonds is 4. The molecule has 0 amide bonds. The van der Waals surface area contributed by atoms with E-state index in [0.717, 1.165) is 36.9 Å². The molecule has 1 aromatic carbocycles. The van der Waals surface area contributed by atoms with E-state index in [1.165, 1.54) is 12.1 Å². The smallest absolute Gasteiger partial charge is 0.336 e. The van der Waals surface area contributed by atoms with Crippen LogP contribution in [0.1, 0.15) is 25.3 Å². The van der Waals surface area contributed by atoms with E-state index in [9.17, 15) is 14.7 Å². The van der Waals surface area contributed by atoms with Gasteiger partial charge in [-0.25, -0.2) is 4.79 Å². The number of piperidine rings is 1. The molecule has 2 heterocycles. The molecule has 6 heteroatoms. The zero-order valence-electron chi connectivity index (χ0n) is 13.7. The Hall–Kier alpha value is -2.34. The van der Waals surface area contributed by atoms with Crippen LogP contribution in [0.4, 0.5) is 0 Å². The zero-order chi connectivity index (χ0) is 17.1. The first-order valence-corrected chi connectivity index (χ1v) is 8.21. The number of hydrogen-bond donors (Lipinski definition) is 1. The zero-order valence-corrected chi connectivity index (χ0v) is 13.7. The van der Waals surface area contributed by atoms with Crippen molar-refractivity contribution in [3.8, 4) is 5.75 Å². The lowest BCUT2D eigenvalue weighted by atomic mass is 9.96. The Morgan fingerprint density at radius 1 is 1.33 bits per heavy atom. The van der Waals surface area contributed by atoms with Gasteiger partial charge in [-0.15, -0.1) is 0 Å². The Kier molecular flexibility index (Phi) is 4.85. The highest BCUT2D eigenvalue weighted by molar-refractivity contribution is 5.81. The maximum Gasteiger partial charge on any atom is 0.336 e. The first kappa shape index (κ1) is 16.5. The summed E-state index contributed by atoms with van der Waals surface area (Å²) in [5.74, 6) is -0.0191. The van der Waals surface area contributed by atoms with E-state index in [2.05, 4.69) is 4.90 Å². The van der Waals surface area contributed by atoms with Crippen LogP contribution >= 0.6 is 0 Å². The Morgan fingerprint density at radius 2 is 2.08 bits per heavy atom. The summed E-state index contributed by atoms with van der Waals surface area (Å²) in [5.41, 5.74) is 0.896. The molecule has 0 bridgehead atoms. The number of phenolic OH excluding ortho intramolecular Hbond substituents is 1. The van der Waals surface area contributed by atoms with Crippen LogP contribution in [0.3, 0.4) is 0 Å². The van der Waals surface area contributed by atoms with E-state index in [4.69, 9.17) is 9.15 Å². The van der Waals surface area contributed by atoms with Crippen LogP contribution in [0.15, 0.2) is 33.5 Å². The molecule has 1 saturated heterocycles. The van der Waals surface area contributed by atoms with Gasteiger partial charge in [-0.05, 0) is 56.6 Å². The monoisotopic (exact) mass is 331 g/mol. The highest BCUT2D eigenvalue weighted by Gasteiger charge is 2.26. The van der Waals surface area contributed by atoms with Gasteiger partial charge in [0, 0.05) is 18.0 Å². The largest absolute Gasteiger partial charge is 0.508 e. The second-order valence-corrected chi connectivity index (χ2v) is 6.07. The molecule has 0 spiro atoms. The minimum absolute atomic E-state index is 0.0390. The number of carbonyl (C=O) groups excluding carboxylic acids is 1. The molecule has 0 saturated carbocycles. The summed E-state index contributed by atoms with van der Waals surface area (Å²) in [5, 5.41) is 10.4. The molecule has 0 aliphatic carbocycles. The van der Waals surface area contributed by atoms with Crippen LogP contribution in [-0.2, 0) is 16.1 Å². The fraction of sp³-hybridized carbons (Fsp3) is 0.444. The minimum Gasteiger partial charge on any atom is -0.508 e. The molecular weight excluding hydrogens is 310 g/mol. The van der Waals surface area contributed by atoms with Crippen LogP contribution in [0, 0.1) is 5.92 Å². The van der Waals surface area contributed by atoms with Gasteiger partial charge in [-0.3, -0.25) is 9.69 Å². The van der Waals surface area contributed by atoms with Crippen molar-refractivity contribution in [2.24, 2.45) is 5.92 Å². The molecule has 6 nitrogen and oxygen atoms in total. The van der Waals surface area contributed by atoms with Crippen molar-refractivity contribution in [3.05, 3.63) is 40.2 Å². The Bertz CT molecular complexity index is 790. The minimum atomic E-state index is -0.399. The molecule has 1 aliphatic rings. The van der Waals surface area contributed by atoms with Crippen molar-refractivity contribution in [2.45, 2.75) is 26.3 Å². The van der Waals surface area contributed by atoms with Crippen molar-refractivity contribution in [1.82, 2.24) is 4.90 Å². The molecule has 1 aliphatic heterocycles. The molecule has 1 fully saturated rings. The van der Waals surface area contributed by atoms with Crippen LogP contribution < -0.4 is 5.63 Å². The molecule has 1 N–H and O–H groups in total. The lowest BCUT2D eigenvalue weighted by Gasteiger charge is -2.30. The SMILES string of the molecule is CCOC(=O)C1CCN(Cc2cc(=O)oc3ccc(O)cc23)CC1. The second-order valence-electron chi connectivity index (χ2n) is 6.07. The maximum atomic E-state index is 11.8. The molecular formula is C18H21NO5. The fourth-order valence-electron chi connectivity index (χ4n) is 3.17. The molecule has 2 aromatic rings. The van der Waals surface area contributed by atoms with Gasteiger partial charge in [0.1, 0.15) is 11.3 Å². The summed E-state index contributed by atoms with van der Waals surface area (Å²) in [6, 6.07) is 6.18. The van der Waals surface area contributed by atoms with E-state index >= 15 is 0 Å². The van der Waals surface area contributed by atoms with E-state index in [0.29, 0.717) is 18.7 Å². The second kappa shape index (κ2) is 7.05. The third-order valence-corrected chi connectivity index (χ3v) is 4.41. The summed E-state index contributed by atoms with van der Waals surface area (Å²) in [6.07, 6.45) is 1.51. The van der Waals surface area contributed by atoms with Gasteiger partial charge in [0.25, 0.3) is 0 Å². The number of hydrogen-bond acceptors (Lipinski definition) is 6. The van der Waals surface area contributed by atoms with Gasteiger partial charge >= 0.3 is 11.6 Å². The lowest BCUT2D eigenvalue weighted by Crippen LogP contribution is -2.36. The lowest BCUT2D eigenvalue weighted by molar-refractivity contribution is -0.149.